The van der Waals surface area contributed by atoms with E-state index in [-0.39, 0.29) is 5.69 Å². The molecule has 0 aliphatic carbocycles. The lowest BCUT2D eigenvalue weighted by Crippen LogP contribution is -2.17. The van der Waals surface area contributed by atoms with Crippen LogP contribution < -0.4 is 10.6 Å². The van der Waals surface area contributed by atoms with Gasteiger partial charge in [0.15, 0.2) is 5.69 Å². The first-order valence-electron chi connectivity index (χ1n) is 7.56. The van der Waals surface area contributed by atoms with Crippen molar-refractivity contribution in [2.45, 2.75) is 19.5 Å². The number of thioether (sulfide) groups is 1. The number of carbonyl (C=O) groups is 1. The number of alkyl halides is 5. The largest absolute Gasteiger partial charge is 0.435 e. The van der Waals surface area contributed by atoms with Gasteiger partial charge in [0.1, 0.15) is 5.69 Å². The number of nitrogens with two attached hydrogens (primary N) is 1. The summed E-state index contributed by atoms with van der Waals surface area (Å²) in [5.41, 5.74) is 4.41. The first kappa shape index (κ1) is 19.2. The van der Waals surface area contributed by atoms with E-state index < -0.39 is 29.9 Å². The van der Waals surface area contributed by atoms with Crippen LogP contribution in [0.5, 0.6) is 0 Å². The molecular formula is C16H13F5N4OS. The number of benzene rings is 1. The Bertz CT molecular complexity index is 905. The zero-order valence-corrected chi connectivity index (χ0v) is 14.6. The number of allylic oxidation sites excluding steroid dienone is 1. The number of carbonyl (C=O) groups excluding carboxylic acids is 1. The van der Waals surface area contributed by atoms with Crippen molar-refractivity contribution in [3.63, 3.8) is 0 Å². The number of aromatic nitrogens is 2. The highest BCUT2D eigenvalue weighted by molar-refractivity contribution is 8.04. The molecule has 0 radical (unpaired) electrons. The third-order valence-corrected chi connectivity index (χ3v) is 5.12. The van der Waals surface area contributed by atoms with E-state index in [1.54, 1.807) is 24.0 Å². The molecule has 1 aromatic carbocycles. The summed E-state index contributed by atoms with van der Waals surface area (Å²) in [5.74, 6) is -0.111. The van der Waals surface area contributed by atoms with E-state index in [0.717, 1.165) is 0 Å². The van der Waals surface area contributed by atoms with E-state index in [1.807, 2.05) is 0 Å². The summed E-state index contributed by atoms with van der Waals surface area (Å²) in [4.78, 5) is 13.6. The van der Waals surface area contributed by atoms with E-state index in [1.165, 1.54) is 23.9 Å². The fraction of sp³-hybridized carbons (Fsp3) is 0.250. The van der Waals surface area contributed by atoms with Crippen molar-refractivity contribution in [2.75, 3.05) is 10.8 Å². The Morgan fingerprint density at radius 3 is 2.30 bits per heavy atom. The zero-order valence-electron chi connectivity index (χ0n) is 13.8. The molecule has 11 heteroatoms. The Morgan fingerprint density at radius 2 is 1.81 bits per heavy atom. The summed E-state index contributed by atoms with van der Waals surface area (Å²) in [6, 6.07) is 6.20. The summed E-state index contributed by atoms with van der Waals surface area (Å²) < 4.78 is 65.2. The summed E-state index contributed by atoms with van der Waals surface area (Å²) in [7, 11) is 0. The van der Waals surface area contributed by atoms with Crippen molar-refractivity contribution >= 4 is 23.4 Å². The van der Waals surface area contributed by atoms with Crippen molar-refractivity contribution in [1.82, 2.24) is 9.78 Å². The summed E-state index contributed by atoms with van der Waals surface area (Å²) in [6.07, 6.45) is -7.94. The van der Waals surface area contributed by atoms with Crippen LogP contribution in [0.15, 0.2) is 40.9 Å². The number of hydrogen-bond acceptors (Lipinski definition) is 4. The van der Waals surface area contributed by atoms with E-state index in [2.05, 4.69) is 5.10 Å². The summed E-state index contributed by atoms with van der Waals surface area (Å²) in [5, 5.41) is 3.27. The van der Waals surface area contributed by atoms with Gasteiger partial charge in [0, 0.05) is 11.4 Å². The topological polar surface area (TPSA) is 64.2 Å². The predicted molar refractivity (Wildman–Crippen MR) is 90.4 cm³/mol. The molecule has 0 atom stereocenters. The van der Waals surface area contributed by atoms with Gasteiger partial charge in [0.2, 0.25) is 0 Å². The molecule has 2 N–H and O–H groups in total. The van der Waals surface area contributed by atoms with Gasteiger partial charge >= 0.3 is 6.18 Å². The van der Waals surface area contributed by atoms with Crippen LogP contribution in [0.4, 0.5) is 27.6 Å². The van der Waals surface area contributed by atoms with Crippen molar-refractivity contribution in [3.05, 3.63) is 52.3 Å². The minimum atomic E-state index is -4.82. The van der Waals surface area contributed by atoms with Crippen molar-refractivity contribution in [3.8, 4) is 5.69 Å². The van der Waals surface area contributed by atoms with Gasteiger partial charge in [-0.2, -0.15) is 18.3 Å². The lowest BCUT2D eigenvalue weighted by molar-refractivity contribution is -0.141. The molecule has 0 bridgehead atoms. The highest BCUT2D eigenvalue weighted by atomic mass is 32.2. The molecule has 0 saturated heterocycles. The van der Waals surface area contributed by atoms with Gasteiger partial charge in [0.05, 0.1) is 16.5 Å². The van der Waals surface area contributed by atoms with Gasteiger partial charge in [-0.3, -0.25) is 4.79 Å². The van der Waals surface area contributed by atoms with Gasteiger partial charge in [-0.15, -0.1) is 0 Å². The maximum Gasteiger partial charge on any atom is 0.435 e. The molecule has 5 nitrogen and oxygen atoms in total. The summed E-state index contributed by atoms with van der Waals surface area (Å²) >= 11 is 1.26. The molecule has 1 amide bonds. The van der Waals surface area contributed by atoms with Crippen molar-refractivity contribution in [2.24, 2.45) is 5.73 Å². The molecular weight excluding hydrogens is 391 g/mol. The van der Waals surface area contributed by atoms with Crippen LogP contribution in [0.25, 0.3) is 5.69 Å². The van der Waals surface area contributed by atoms with Crippen LogP contribution in [-0.4, -0.2) is 21.6 Å². The fourth-order valence-corrected chi connectivity index (χ4v) is 3.70. The molecule has 0 fully saturated rings. The van der Waals surface area contributed by atoms with E-state index in [9.17, 15) is 26.7 Å². The third kappa shape index (κ3) is 3.64. The lowest BCUT2D eigenvalue weighted by Gasteiger charge is -2.19. The van der Waals surface area contributed by atoms with E-state index in [0.29, 0.717) is 32.9 Å². The van der Waals surface area contributed by atoms with Crippen LogP contribution in [0.2, 0.25) is 0 Å². The second-order valence-corrected chi connectivity index (χ2v) is 6.62. The van der Waals surface area contributed by atoms with Gasteiger partial charge < -0.3 is 10.6 Å². The minimum Gasteiger partial charge on any atom is -0.365 e. The van der Waals surface area contributed by atoms with E-state index in [4.69, 9.17) is 5.73 Å². The maximum atomic E-state index is 13.1. The van der Waals surface area contributed by atoms with Crippen molar-refractivity contribution in [1.29, 1.82) is 0 Å². The Balaban J connectivity index is 1.95. The van der Waals surface area contributed by atoms with Crippen LogP contribution in [0.3, 0.4) is 0 Å². The number of anilines is 1. The Labute approximate surface area is 154 Å². The average molecular weight is 404 g/mol. The molecule has 1 aromatic heterocycles. The van der Waals surface area contributed by atoms with Crippen LogP contribution in [0, 0.1) is 0 Å². The third-order valence-electron chi connectivity index (χ3n) is 3.95. The highest BCUT2D eigenvalue weighted by Crippen LogP contribution is 2.36. The molecule has 0 spiro atoms. The Kier molecular flexibility index (Phi) is 4.89. The van der Waals surface area contributed by atoms with Crippen LogP contribution in [-0.2, 0) is 11.0 Å². The maximum absolute atomic E-state index is 13.1. The molecule has 144 valence electrons. The first-order valence-corrected chi connectivity index (χ1v) is 8.55. The van der Waals surface area contributed by atoms with Crippen molar-refractivity contribution < 1.29 is 26.7 Å². The standard InChI is InChI=1S/C16H13F5N4OS/c1-8-13(15(22)26)27-7-24(8)9-2-4-10(5-3-9)25-11(14(17)18)6-12(23-25)16(19,20)21/h2-6,14H,7H2,1H3,(H2,22,26). The molecule has 0 saturated carbocycles. The van der Waals surface area contributed by atoms with Gasteiger partial charge in [0.25, 0.3) is 12.3 Å². The SMILES string of the molecule is CC1=C(C(N)=O)SCN1c1ccc(-n2nc(C(F)(F)F)cc2C(F)F)cc1. The second-order valence-electron chi connectivity index (χ2n) is 5.66. The average Bonchev–Trinajstić information content (AvgIpc) is 3.19. The number of halogens is 5. The minimum absolute atomic E-state index is 0.0631. The molecule has 0 unspecified atom stereocenters. The number of amides is 1. The predicted octanol–water partition coefficient (Wildman–Crippen LogP) is 4.06. The fourth-order valence-electron chi connectivity index (χ4n) is 2.64. The Hall–Kier alpha value is -2.56. The molecule has 1 aliphatic rings. The van der Waals surface area contributed by atoms with Gasteiger partial charge in [-0.05, 0) is 37.3 Å². The van der Waals surface area contributed by atoms with Crippen LogP contribution >= 0.6 is 11.8 Å². The summed E-state index contributed by atoms with van der Waals surface area (Å²) in [6.45, 7) is 1.71. The smallest absolute Gasteiger partial charge is 0.365 e. The Morgan fingerprint density at radius 1 is 1.22 bits per heavy atom. The number of nitrogens with zero attached hydrogens (tertiary/aromatic N) is 3. The lowest BCUT2D eigenvalue weighted by atomic mass is 10.2. The normalized spacial score (nSPS) is 15.1. The van der Waals surface area contributed by atoms with Crippen LogP contribution in [0.1, 0.15) is 24.7 Å². The quantitative estimate of drug-likeness (QED) is 0.781. The number of primary amides is 1. The molecule has 2 aromatic rings. The number of rotatable bonds is 4. The number of hydrogen-bond donors (Lipinski definition) is 1. The molecule has 3 rings (SSSR count). The molecule has 1 aliphatic heterocycles. The van der Waals surface area contributed by atoms with E-state index >= 15 is 0 Å². The highest BCUT2D eigenvalue weighted by Gasteiger charge is 2.36. The zero-order chi connectivity index (χ0) is 19.9. The second kappa shape index (κ2) is 6.87. The molecule has 2 heterocycles. The van der Waals surface area contributed by atoms with Gasteiger partial charge in [-0.1, -0.05) is 11.8 Å². The molecule has 27 heavy (non-hydrogen) atoms. The monoisotopic (exact) mass is 404 g/mol. The first-order chi connectivity index (χ1) is 12.6. The van der Waals surface area contributed by atoms with Gasteiger partial charge in [-0.25, -0.2) is 13.5 Å².